The van der Waals surface area contributed by atoms with Gasteiger partial charge in [0.05, 0.1) is 18.8 Å². The highest BCUT2D eigenvalue weighted by Gasteiger charge is 2.28. The number of carbonyl (C=O) groups excluding carboxylic acids is 1. The van der Waals surface area contributed by atoms with Crippen LogP contribution in [0.4, 0.5) is 0 Å². The van der Waals surface area contributed by atoms with Gasteiger partial charge in [0.2, 0.25) is 0 Å². The molecular weight excluding hydrogens is 258 g/mol. The molecule has 0 aromatic carbocycles. The van der Waals surface area contributed by atoms with Gasteiger partial charge in [-0.3, -0.25) is 4.79 Å². The fraction of sp³-hybridized carbons (Fsp3) is 0.667. The molecule has 2 aliphatic rings. The molecule has 1 atom stereocenters. The number of rotatable bonds is 3. The highest BCUT2D eigenvalue weighted by Crippen LogP contribution is 2.20. The molecule has 3 rings (SSSR count). The molecule has 20 heavy (non-hydrogen) atoms. The molecule has 1 aromatic rings. The predicted octanol–water partition coefficient (Wildman–Crippen LogP) is 2.00. The Balaban J connectivity index is 1.49. The van der Waals surface area contributed by atoms with Crippen molar-refractivity contribution in [1.29, 1.82) is 0 Å². The van der Waals surface area contributed by atoms with Crippen molar-refractivity contribution in [2.24, 2.45) is 0 Å². The van der Waals surface area contributed by atoms with Crippen molar-refractivity contribution in [3.63, 3.8) is 0 Å². The van der Waals surface area contributed by atoms with Gasteiger partial charge in [-0.15, -0.1) is 0 Å². The van der Waals surface area contributed by atoms with Crippen LogP contribution in [-0.4, -0.2) is 49.3 Å². The van der Waals surface area contributed by atoms with E-state index in [0.29, 0.717) is 12.4 Å². The first-order valence-corrected chi connectivity index (χ1v) is 7.31. The maximum absolute atomic E-state index is 12.2. The predicted molar refractivity (Wildman–Crippen MR) is 72.7 cm³/mol. The summed E-state index contributed by atoms with van der Waals surface area (Å²) in [5, 5.41) is 0. The van der Waals surface area contributed by atoms with Gasteiger partial charge in [-0.2, -0.15) is 0 Å². The number of nitrogens with zero attached hydrogens (tertiary/aromatic N) is 1. The summed E-state index contributed by atoms with van der Waals surface area (Å²) in [6, 6.07) is 3.57. The average Bonchev–Trinajstić information content (AvgIpc) is 3.10. The van der Waals surface area contributed by atoms with Gasteiger partial charge < -0.3 is 18.8 Å². The van der Waals surface area contributed by atoms with Crippen molar-refractivity contribution in [2.45, 2.75) is 38.4 Å². The first-order valence-electron chi connectivity index (χ1n) is 7.31. The molecule has 3 heterocycles. The van der Waals surface area contributed by atoms with Crippen molar-refractivity contribution in [3.05, 3.63) is 23.7 Å². The van der Waals surface area contributed by atoms with E-state index in [4.69, 9.17) is 13.9 Å². The molecule has 0 aliphatic carbocycles. The van der Waals surface area contributed by atoms with Gasteiger partial charge in [0, 0.05) is 19.7 Å². The second-order valence-corrected chi connectivity index (χ2v) is 5.52. The largest absolute Gasteiger partial charge is 0.456 e. The topological polar surface area (TPSA) is 51.9 Å². The standard InChI is InChI=1S/C15H21NO4/c1-11-2-3-14(19-11)15(17)16-7-4-12(5-8-16)20-13-6-9-18-10-13/h2-3,12-13H,4-10H2,1H3. The van der Waals surface area contributed by atoms with Crippen molar-refractivity contribution < 1.29 is 18.7 Å². The molecule has 5 nitrogen and oxygen atoms in total. The molecule has 1 aromatic heterocycles. The fourth-order valence-corrected chi connectivity index (χ4v) is 2.79. The number of amides is 1. The first-order chi connectivity index (χ1) is 9.72. The molecule has 110 valence electrons. The Morgan fingerprint density at radius 2 is 2.05 bits per heavy atom. The summed E-state index contributed by atoms with van der Waals surface area (Å²) in [7, 11) is 0. The second kappa shape index (κ2) is 5.97. The molecule has 0 radical (unpaired) electrons. The van der Waals surface area contributed by atoms with Crippen molar-refractivity contribution in [1.82, 2.24) is 4.90 Å². The van der Waals surface area contributed by atoms with E-state index in [0.717, 1.165) is 44.7 Å². The van der Waals surface area contributed by atoms with Crippen LogP contribution in [0.1, 0.15) is 35.6 Å². The Hall–Kier alpha value is -1.33. The summed E-state index contributed by atoms with van der Waals surface area (Å²) in [6.45, 7) is 4.83. The van der Waals surface area contributed by atoms with E-state index in [9.17, 15) is 4.79 Å². The van der Waals surface area contributed by atoms with Crippen LogP contribution in [0.3, 0.4) is 0 Å². The van der Waals surface area contributed by atoms with Crippen LogP contribution in [0.15, 0.2) is 16.5 Å². The van der Waals surface area contributed by atoms with Crippen LogP contribution in [0.2, 0.25) is 0 Å². The molecule has 0 N–H and O–H groups in total. The monoisotopic (exact) mass is 279 g/mol. The number of hydrogen-bond acceptors (Lipinski definition) is 4. The molecule has 2 aliphatic heterocycles. The molecule has 1 amide bonds. The van der Waals surface area contributed by atoms with Crippen LogP contribution >= 0.6 is 0 Å². The maximum atomic E-state index is 12.2. The molecule has 0 saturated carbocycles. The number of piperidine rings is 1. The fourth-order valence-electron chi connectivity index (χ4n) is 2.79. The van der Waals surface area contributed by atoms with E-state index in [1.54, 1.807) is 6.07 Å². The molecule has 0 spiro atoms. The zero-order valence-corrected chi connectivity index (χ0v) is 11.8. The number of likely N-dealkylation sites (tertiary alicyclic amines) is 1. The number of carbonyl (C=O) groups is 1. The van der Waals surface area contributed by atoms with Crippen molar-refractivity contribution >= 4 is 5.91 Å². The van der Waals surface area contributed by atoms with Crippen molar-refractivity contribution in [3.8, 4) is 0 Å². The van der Waals surface area contributed by atoms with Gasteiger partial charge in [-0.25, -0.2) is 0 Å². The summed E-state index contributed by atoms with van der Waals surface area (Å²) in [6.07, 6.45) is 3.27. The summed E-state index contributed by atoms with van der Waals surface area (Å²) in [5.41, 5.74) is 0. The lowest BCUT2D eigenvalue weighted by Gasteiger charge is -2.32. The van der Waals surface area contributed by atoms with E-state index in [1.165, 1.54) is 0 Å². The Morgan fingerprint density at radius 1 is 1.25 bits per heavy atom. The number of hydrogen-bond donors (Lipinski definition) is 0. The van der Waals surface area contributed by atoms with Gasteiger partial charge >= 0.3 is 0 Å². The van der Waals surface area contributed by atoms with Crippen LogP contribution in [0, 0.1) is 6.92 Å². The second-order valence-electron chi connectivity index (χ2n) is 5.52. The van der Waals surface area contributed by atoms with Gasteiger partial charge in [-0.05, 0) is 38.3 Å². The van der Waals surface area contributed by atoms with E-state index in [-0.39, 0.29) is 18.1 Å². The lowest BCUT2D eigenvalue weighted by atomic mass is 10.1. The molecule has 1 unspecified atom stereocenters. The molecule has 0 bridgehead atoms. The first kappa shape index (κ1) is 13.6. The quantitative estimate of drug-likeness (QED) is 0.849. The summed E-state index contributed by atoms with van der Waals surface area (Å²) < 4.78 is 16.7. The third kappa shape index (κ3) is 3.04. The summed E-state index contributed by atoms with van der Waals surface area (Å²) in [5.74, 6) is 1.19. The minimum Gasteiger partial charge on any atom is -0.456 e. The van der Waals surface area contributed by atoms with Crippen LogP contribution < -0.4 is 0 Å². The molecule has 5 heteroatoms. The van der Waals surface area contributed by atoms with Crippen LogP contribution in [-0.2, 0) is 9.47 Å². The lowest BCUT2D eigenvalue weighted by molar-refractivity contribution is -0.0411. The van der Waals surface area contributed by atoms with E-state index < -0.39 is 0 Å². The number of furan rings is 1. The number of aryl methyl sites for hydroxylation is 1. The smallest absolute Gasteiger partial charge is 0.289 e. The third-order valence-electron chi connectivity index (χ3n) is 3.95. The highest BCUT2D eigenvalue weighted by atomic mass is 16.5. The third-order valence-corrected chi connectivity index (χ3v) is 3.95. The minimum atomic E-state index is -0.0132. The lowest BCUT2D eigenvalue weighted by Crippen LogP contribution is -2.41. The summed E-state index contributed by atoms with van der Waals surface area (Å²) >= 11 is 0. The van der Waals surface area contributed by atoms with Gasteiger partial charge in [-0.1, -0.05) is 0 Å². The van der Waals surface area contributed by atoms with Gasteiger partial charge in [0.25, 0.3) is 5.91 Å². The molecule has 2 saturated heterocycles. The minimum absolute atomic E-state index is 0.0132. The van der Waals surface area contributed by atoms with E-state index in [2.05, 4.69) is 0 Å². The highest BCUT2D eigenvalue weighted by molar-refractivity contribution is 5.91. The Kier molecular flexibility index (Phi) is 4.08. The van der Waals surface area contributed by atoms with Crippen molar-refractivity contribution in [2.75, 3.05) is 26.3 Å². The zero-order valence-electron chi connectivity index (χ0n) is 11.8. The van der Waals surface area contributed by atoms with E-state index in [1.807, 2.05) is 17.9 Å². The number of ether oxygens (including phenoxy) is 2. The Bertz CT molecular complexity index is 456. The van der Waals surface area contributed by atoms with Gasteiger partial charge in [0.1, 0.15) is 5.76 Å². The van der Waals surface area contributed by atoms with Crippen LogP contribution in [0.25, 0.3) is 0 Å². The van der Waals surface area contributed by atoms with Gasteiger partial charge in [0.15, 0.2) is 5.76 Å². The maximum Gasteiger partial charge on any atom is 0.289 e. The summed E-state index contributed by atoms with van der Waals surface area (Å²) in [4.78, 5) is 14.1. The Labute approximate surface area is 118 Å². The molecule has 2 fully saturated rings. The van der Waals surface area contributed by atoms with Crippen LogP contribution in [0.5, 0.6) is 0 Å². The average molecular weight is 279 g/mol. The normalized spacial score (nSPS) is 24.2. The zero-order chi connectivity index (χ0) is 13.9. The molecular formula is C15H21NO4. The van der Waals surface area contributed by atoms with E-state index >= 15 is 0 Å². The Morgan fingerprint density at radius 3 is 2.65 bits per heavy atom. The SMILES string of the molecule is Cc1ccc(C(=O)N2CCC(OC3CCOC3)CC2)o1.